The summed E-state index contributed by atoms with van der Waals surface area (Å²) in [7, 11) is 0. The molecule has 2 heteroatoms. The third-order valence-corrected chi connectivity index (χ3v) is 2.85. The lowest BCUT2D eigenvalue weighted by molar-refractivity contribution is 0.228. The van der Waals surface area contributed by atoms with Crippen LogP contribution in [0.25, 0.3) is 0 Å². The highest BCUT2D eigenvalue weighted by Gasteiger charge is 2.07. The normalized spacial score (nSPS) is 13.2. The average Bonchev–Trinajstić information content (AvgIpc) is 2.28. The van der Waals surface area contributed by atoms with E-state index in [-0.39, 0.29) is 0 Å². The predicted octanol–water partition coefficient (Wildman–Crippen LogP) is 3.99. The number of para-hydroxylation sites is 1. The van der Waals surface area contributed by atoms with Crippen molar-refractivity contribution in [3.63, 3.8) is 0 Å². The molecule has 0 aromatic heterocycles. The van der Waals surface area contributed by atoms with Gasteiger partial charge in [-0.05, 0) is 39.7 Å². The monoisotopic (exact) mass is 245 g/mol. The molecule has 0 aliphatic carbocycles. The van der Waals surface area contributed by atoms with Gasteiger partial charge in [-0.2, -0.15) is 0 Å². The second-order valence-corrected chi connectivity index (χ2v) is 4.91. The number of hydrogen-bond acceptors (Lipinski definition) is 2. The maximum atomic E-state index is 10.1. The number of benzene rings is 1. The van der Waals surface area contributed by atoms with Gasteiger partial charge in [0.25, 0.3) is 0 Å². The van der Waals surface area contributed by atoms with Crippen molar-refractivity contribution in [3.05, 3.63) is 53.1 Å². The molecule has 1 unspecified atom stereocenters. The third kappa shape index (κ3) is 4.76. The van der Waals surface area contributed by atoms with Crippen LogP contribution in [0.4, 0.5) is 5.69 Å². The molecule has 1 aromatic rings. The molecule has 0 fully saturated rings. The first kappa shape index (κ1) is 14.5. The summed E-state index contributed by atoms with van der Waals surface area (Å²) in [6.07, 6.45) is 5.46. The van der Waals surface area contributed by atoms with Crippen molar-refractivity contribution in [2.75, 3.05) is 5.73 Å². The minimum Gasteiger partial charge on any atom is -0.398 e. The Bertz CT molecular complexity index is 442. The number of anilines is 1. The molecule has 2 nitrogen and oxygen atoms in total. The van der Waals surface area contributed by atoms with Gasteiger partial charge in [0, 0.05) is 11.3 Å². The van der Waals surface area contributed by atoms with Crippen molar-refractivity contribution in [2.24, 2.45) is 0 Å². The van der Waals surface area contributed by atoms with Crippen LogP contribution in [-0.4, -0.2) is 5.11 Å². The van der Waals surface area contributed by atoms with Crippen molar-refractivity contribution in [1.29, 1.82) is 0 Å². The molecule has 0 radical (unpaired) electrons. The van der Waals surface area contributed by atoms with E-state index in [1.54, 1.807) is 0 Å². The summed E-state index contributed by atoms with van der Waals surface area (Å²) >= 11 is 0. The molecule has 1 atom stereocenters. The molecular weight excluding hydrogens is 222 g/mol. The lowest BCUT2D eigenvalue weighted by Crippen LogP contribution is -1.99. The zero-order valence-corrected chi connectivity index (χ0v) is 11.5. The van der Waals surface area contributed by atoms with Gasteiger partial charge in [0.05, 0.1) is 6.10 Å². The van der Waals surface area contributed by atoms with Gasteiger partial charge < -0.3 is 10.8 Å². The Kier molecular flexibility index (Phi) is 5.66. The zero-order chi connectivity index (χ0) is 13.5. The topological polar surface area (TPSA) is 46.2 Å². The van der Waals surface area contributed by atoms with Gasteiger partial charge in [0.1, 0.15) is 0 Å². The third-order valence-electron chi connectivity index (χ3n) is 2.85. The van der Waals surface area contributed by atoms with Crippen LogP contribution in [0.15, 0.2) is 47.6 Å². The molecule has 0 heterocycles. The number of rotatable bonds is 5. The first-order valence-electron chi connectivity index (χ1n) is 6.34. The Morgan fingerprint density at radius 3 is 2.56 bits per heavy atom. The van der Waals surface area contributed by atoms with E-state index in [0.717, 1.165) is 18.4 Å². The van der Waals surface area contributed by atoms with Gasteiger partial charge in [-0.25, -0.2) is 0 Å². The Morgan fingerprint density at radius 2 is 1.94 bits per heavy atom. The summed E-state index contributed by atoms with van der Waals surface area (Å²) in [5.74, 6) is 0. The molecule has 0 saturated carbocycles. The molecule has 0 amide bonds. The molecule has 98 valence electrons. The van der Waals surface area contributed by atoms with E-state index in [2.05, 4.69) is 19.9 Å². The van der Waals surface area contributed by atoms with Crippen LogP contribution in [0.5, 0.6) is 0 Å². The lowest BCUT2D eigenvalue weighted by Gasteiger charge is -2.10. The predicted molar refractivity (Wildman–Crippen MR) is 78.2 cm³/mol. The van der Waals surface area contributed by atoms with Gasteiger partial charge in [-0.15, -0.1) is 0 Å². The summed E-state index contributed by atoms with van der Waals surface area (Å²) in [4.78, 5) is 0. The Morgan fingerprint density at radius 1 is 1.28 bits per heavy atom. The van der Waals surface area contributed by atoms with Crippen LogP contribution < -0.4 is 5.73 Å². The van der Waals surface area contributed by atoms with Gasteiger partial charge in [0.15, 0.2) is 0 Å². The number of aliphatic hydroxyl groups excluding tert-OH is 1. The number of hydrogen-bond donors (Lipinski definition) is 2. The van der Waals surface area contributed by atoms with E-state index >= 15 is 0 Å². The first-order valence-corrected chi connectivity index (χ1v) is 6.34. The van der Waals surface area contributed by atoms with Gasteiger partial charge >= 0.3 is 0 Å². The molecule has 0 bridgehead atoms. The molecule has 0 aliphatic rings. The molecule has 0 saturated heterocycles. The van der Waals surface area contributed by atoms with Gasteiger partial charge in [-0.1, -0.05) is 41.5 Å². The average molecular weight is 245 g/mol. The summed E-state index contributed by atoms with van der Waals surface area (Å²) in [5, 5.41) is 10.1. The maximum Gasteiger partial charge on any atom is 0.0994 e. The van der Waals surface area contributed by atoms with Crippen molar-refractivity contribution in [2.45, 2.75) is 39.7 Å². The fourth-order valence-electron chi connectivity index (χ4n) is 1.81. The van der Waals surface area contributed by atoms with Crippen LogP contribution in [-0.2, 0) is 0 Å². The van der Waals surface area contributed by atoms with Crippen LogP contribution in [0.3, 0.4) is 0 Å². The Labute approximate surface area is 110 Å². The largest absolute Gasteiger partial charge is 0.398 e. The van der Waals surface area contributed by atoms with Crippen molar-refractivity contribution >= 4 is 5.69 Å². The lowest BCUT2D eigenvalue weighted by atomic mass is 10.0. The van der Waals surface area contributed by atoms with Gasteiger partial charge in [0.2, 0.25) is 0 Å². The smallest absolute Gasteiger partial charge is 0.0994 e. The SMILES string of the molecule is CC(C)=CCCC(C)=CC(O)c1ccccc1N. The quantitative estimate of drug-likeness (QED) is 0.608. The van der Waals surface area contributed by atoms with E-state index in [1.165, 1.54) is 11.1 Å². The van der Waals surface area contributed by atoms with Gasteiger partial charge in [-0.3, -0.25) is 0 Å². The molecule has 3 N–H and O–H groups in total. The molecule has 1 aromatic carbocycles. The van der Waals surface area contributed by atoms with Crippen molar-refractivity contribution in [1.82, 2.24) is 0 Å². The van der Waals surface area contributed by atoms with E-state index in [9.17, 15) is 5.11 Å². The molecule has 18 heavy (non-hydrogen) atoms. The Balaban J connectivity index is 2.65. The number of nitrogens with two attached hydrogens (primary N) is 1. The number of allylic oxidation sites excluding steroid dienone is 3. The van der Waals surface area contributed by atoms with E-state index in [4.69, 9.17) is 5.73 Å². The second-order valence-electron chi connectivity index (χ2n) is 4.91. The van der Waals surface area contributed by atoms with Crippen molar-refractivity contribution in [3.8, 4) is 0 Å². The molecule has 0 aliphatic heterocycles. The molecule has 1 rings (SSSR count). The fourth-order valence-corrected chi connectivity index (χ4v) is 1.81. The first-order chi connectivity index (χ1) is 8.50. The van der Waals surface area contributed by atoms with Crippen LogP contribution in [0.2, 0.25) is 0 Å². The zero-order valence-electron chi connectivity index (χ0n) is 11.5. The highest BCUT2D eigenvalue weighted by molar-refractivity contribution is 5.48. The second kappa shape index (κ2) is 7.02. The maximum absolute atomic E-state index is 10.1. The molecule has 0 spiro atoms. The number of nitrogen functional groups attached to an aromatic ring is 1. The highest BCUT2D eigenvalue weighted by atomic mass is 16.3. The minimum atomic E-state index is -0.613. The highest BCUT2D eigenvalue weighted by Crippen LogP contribution is 2.23. The van der Waals surface area contributed by atoms with Crippen LogP contribution in [0.1, 0.15) is 45.3 Å². The molecular formula is C16H23NO. The summed E-state index contributed by atoms with van der Waals surface area (Å²) in [5.41, 5.74) is 9.77. The summed E-state index contributed by atoms with van der Waals surface area (Å²) in [6.45, 7) is 6.23. The summed E-state index contributed by atoms with van der Waals surface area (Å²) < 4.78 is 0. The van der Waals surface area contributed by atoms with E-state index in [1.807, 2.05) is 37.3 Å². The minimum absolute atomic E-state index is 0.613. The fraction of sp³-hybridized carbons (Fsp3) is 0.375. The van der Waals surface area contributed by atoms with Crippen molar-refractivity contribution < 1.29 is 5.11 Å². The standard InChI is InChI=1S/C16H23NO/c1-12(2)7-6-8-13(3)11-16(18)14-9-4-5-10-15(14)17/h4-5,7,9-11,16,18H,6,8,17H2,1-3H3. The summed E-state index contributed by atoms with van der Waals surface area (Å²) in [6, 6.07) is 7.43. The van der Waals surface area contributed by atoms with E-state index in [0.29, 0.717) is 5.69 Å². The number of aliphatic hydroxyl groups is 1. The van der Waals surface area contributed by atoms with E-state index < -0.39 is 6.10 Å². The van der Waals surface area contributed by atoms with Crippen LogP contribution in [0, 0.1) is 0 Å². The van der Waals surface area contributed by atoms with Crippen LogP contribution >= 0.6 is 0 Å². The Hall–Kier alpha value is -1.54.